The van der Waals surface area contributed by atoms with E-state index in [0.717, 1.165) is 5.57 Å². The lowest BCUT2D eigenvalue weighted by Crippen LogP contribution is -2.39. The summed E-state index contributed by atoms with van der Waals surface area (Å²) >= 11 is 9.24. The van der Waals surface area contributed by atoms with Crippen LogP contribution in [0, 0.1) is 24.7 Å². The van der Waals surface area contributed by atoms with Crippen molar-refractivity contribution in [2.24, 2.45) is 17.8 Å². The van der Waals surface area contributed by atoms with Crippen LogP contribution in [0.5, 0.6) is 5.75 Å². The number of fused-ring (bicyclic) bond motifs is 3. The zero-order chi connectivity index (χ0) is 26.2. The van der Waals surface area contributed by atoms with Crippen molar-refractivity contribution >= 4 is 56.6 Å². The Morgan fingerprint density at radius 1 is 1.00 bits per heavy atom. The average molecular weight is 579 g/mol. The minimum atomic E-state index is -0.685. The number of hydrogen-bond acceptors (Lipinski definition) is 5. The Morgan fingerprint density at radius 2 is 1.73 bits per heavy atom. The number of hydrogen-bond donors (Lipinski definition) is 1. The number of imide groups is 1. The first-order chi connectivity index (χ1) is 17.7. The number of carbonyl (C=O) groups excluding carboxylic acids is 4. The van der Waals surface area contributed by atoms with Gasteiger partial charge >= 0.3 is 0 Å². The number of phenols is 1. The molecule has 1 N–H and O–H groups in total. The first kappa shape index (κ1) is 24.1. The first-order valence-corrected chi connectivity index (χ1v) is 13.2. The number of benzene rings is 2. The fraction of sp³-hybridized carbons (Fsp3) is 0.241. The lowest BCUT2D eigenvalue weighted by Gasteiger charge is -2.42. The molecule has 0 bridgehead atoms. The number of nitrogens with zero attached hydrogens (tertiary/aromatic N) is 1. The predicted molar refractivity (Wildman–Crippen MR) is 141 cm³/mol. The van der Waals surface area contributed by atoms with Crippen LogP contribution in [0.1, 0.15) is 29.9 Å². The summed E-state index contributed by atoms with van der Waals surface area (Å²) < 4.78 is 0.167. The van der Waals surface area contributed by atoms with Gasteiger partial charge in [-0.3, -0.25) is 24.1 Å². The minimum Gasteiger partial charge on any atom is -0.507 e. The van der Waals surface area contributed by atoms with Crippen molar-refractivity contribution in [3.05, 3.63) is 92.0 Å². The van der Waals surface area contributed by atoms with Gasteiger partial charge in [-0.1, -0.05) is 41.4 Å². The summed E-state index contributed by atoms with van der Waals surface area (Å²) in [5.41, 5.74) is 3.07. The van der Waals surface area contributed by atoms with Crippen molar-refractivity contribution in [1.82, 2.24) is 0 Å². The number of allylic oxidation sites excluding steroid dienone is 6. The third-order valence-corrected chi connectivity index (χ3v) is 8.84. The number of amides is 2. The Bertz CT molecular complexity index is 1520. The van der Waals surface area contributed by atoms with Crippen LogP contribution >= 0.6 is 27.5 Å². The maximum atomic E-state index is 13.8. The van der Waals surface area contributed by atoms with E-state index in [9.17, 15) is 24.3 Å². The standard InChI is InChI=1S/C29H21BrClNO5/c1-13-3-2-4-17(26(13)34)23-16-9-10-18-24(19(16)11-20-25(23)22(33)12-21(30)27(20)35)29(37)32(28(18)36)15-7-5-14(31)6-8-15/h2-9,12,18-19,23-24,34H,10-11H2,1H3. The molecule has 1 aliphatic heterocycles. The SMILES string of the molecule is Cc1cccc(C2C3=CCC4C(=O)N(c5ccc(Cl)cc5)C(=O)C4C3CC3=C2C(=O)C=C(Br)C3=O)c1O. The van der Waals surface area contributed by atoms with E-state index in [-0.39, 0.29) is 40.0 Å². The molecular formula is C29H21BrClNO5. The van der Waals surface area contributed by atoms with Gasteiger partial charge in [0.25, 0.3) is 0 Å². The molecule has 2 aromatic carbocycles. The van der Waals surface area contributed by atoms with Gasteiger partial charge < -0.3 is 5.11 Å². The molecule has 4 aliphatic rings. The smallest absolute Gasteiger partial charge is 0.238 e. The number of halogens is 2. The van der Waals surface area contributed by atoms with Crippen LogP contribution in [0.2, 0.25) is 5.02 Å². The number of Topliss-reactive ketones (excluding diaryl/α,β-unsaturated/α-hetero) is 1. The highest BCUT2D eigenvalue weighted by Crippen LogP contribution is 2.56. The average Bonchev–Trinajstić information content (AvgIpc) is 3.13. The molecular weight excluding hydrogens is 558 g/mol. The van der Waals surface area contributed by atoms with Gasteiger partial charge in [0, 0.05) is 33.7 Å². The summed E-state index contributed by atoms with van der Waals surface area (Å²) in [5.74, 6) is -3.57. The Hall–Kier alpha value is -3.29. The molecule has 0 spiro atoms. The Kier molecular flexibility index (Phi) is 5.62. The van der Waals surface area contributed by atoms with E-state index < -0.39 is 23.7 Å². The topological polar surface area (TPSA) is 91.8 Å². The fourth-order valence-electron chi connectivity index (χ4n) is 6.32. The quantitative estimate of drug-likeness (QED) is 0.296. The minimum absolute atomic E-state index is 0.0495. The highest BCUT2D eigenvalue weighted by molar-refractivity contribution is 9.12. The van der Waals surface area contributed by atoms with E-state index >= 15 is 0 Å². The summed E-state index contributed by atoms with van der Waals surface area (Å²) in [6.07, 6.45) is 3.72. The van der Waals surface area contributed by atoms with E-state index in [1.165, 1.54) is 11.0 Å². The van der Waals surface area contributed by atoms with Crippen LogP contribution in [0.4, 0.5) is 5.69 Å². The number of rotatable bonds is 2. The van der Waals surface area contributed by atoms with E-state index in [0.29, 0.717) is 39.4 Å². The van der Waals surface area contributed by atoms with E-state index in [1.54, 1.807) is 49.4 Å². The molecule has 0 aromatic heterocycles. The number of anilines is 1. The van der Waals surface area contributed by atoms with Crippen molar-refractivity contribution in [3.8, 4) is 5.75 Å². The van der Waals surface area contributed by atoms with Crippen molar-refractivity contribution in [1.29, 1.82) is 0 Å². The van der Waals surface area contributed by atoms with Crippen LogP contribution in [0.15, 0.2) is 75.8 Å². The van der Waals surface area contributed by atoms with Crippen molar-refractivity contribution in [3.63, 3.8) is 0 Å². The van der Waals surface area contributed by atoms with Crippen LogP contribution in [-0.4, -0.2) is 28.5 Å². The molecule has 2 amide bonds. The molecule has 8 heteroatoms. The second-order valence-corrected chi connectivity index (χ2v) is 11.2. The van der Waals surface area contributed by atoms with Gasteiger partial charge in [0.1, 0.15) is 5.75 Å². The normalized spacial score (nSPS) is 27.1. The number of carbonyl (C=O) groups is 4. The monoisotopic (exact) mass is 577 g/mol. The second kappa shape index (κ2) is 8.64. The molecule has 4 atom stereocenters. The molecule has 0 radical (unpaired) electrons. The van der Waals surface area contributed by atoms with Gasteiger partial charge in [0.15, 0.2) is 11.6 Å². The number of ketones is 2. The number of para-hydroxylation sites is 1. The fourth-order valence-corrected chi connectivity index (χ4v) is 6.89. The summed E-state index contributed by atoms with van der Waals surface area (Å²) in [4.78, 5) is 55.1. The molecule has 6 rings (SSSR count). The molecule has 4 unspecified atom stereocenters. The van der Waals surface area contributed by atoms with Gasteiger partial charge in [-0.15, -0.1) is 0 Å². The lowest BCUT2D eigenvalue weighted by atomic mass is 9.59. The Balaban J connectivity index is 1.50. The molecule has 186 valence electrons. The number of phenolic OH excluding ortho intramolecular Hbond substituents is 1. The molecule has 37 heavy (non-hydrogen) atoms. The number of aromatic hydroxyl groups is 1. The van der Waals surface area contributed by atoms with Gasteiger partial charge in [0.05, 0.1) is 22.0 Å². The summed E-state index contributed by atoms with van der Waals surface area (Å²) in [6.45, 7) is 1.77. The van der Waals surface area contributed by atoms with Crippen LogP contribution in [-0.2, 0) is 19.2 Å². The largest absolute Gasteiger partial charge is 0.507 e. The molecule has 1 saturated heterocycles. The van der Waals surface area contributed by atoms with Gasteiger partial charge in [-0.2, -0.15) is 0 Å². The van der Waals surface area contributed by atoms with Crippen LogP contribution in [0.25, 0.3) is 0 Å². The van der Waals surface area contributed by atoms with Gasteiger partial charge in [0.2, 0.25) is 11.8 Å². The Morgan fingerprint density at radius 3 is 2.46 bits per heavy atom. The first-order valence-electron chi connectivity index (χ1n) is 12.0. The third-order valence-electron chi connectivity index (χ3n) is 8.00. The van der Waals surface area contributed by atoms with Crippen molar-refractivity contribution in [2.45, 2.75) is 25.7 Å². The highest BCUT2D eigenvalue weighted by atomic mass is 79.9. The van der Waals surface area contributed by atoms with Gasteiger partial charge in [-0.05, 0) is 71.4 Å². The highest BCUT2D eigenvalue weighted by Gasteiger charge is 2.56. The van der Waals surface area contributed by atoms with E-state index in [2.05, 4.69) is 15.9 Å². The van der Waals surface area contributed by atoms with Gasteiger partial charge in [-0.25, -0.2) is 0 Å². The van der Waals surface area contributed by atoms with Crippen molar-refractivity contribution < 1.29 is 24.3 Å². The summed E-state index contributed by atoms with van der Waals surface area (Å²) in [7, 11) is 0. The predicted octanol–water partition coefficient (Wildman–Crippen LogP) is 5.32. The molecule has 3 aliphatic carbocycles. The third kappa shape index (κ3) is 3.51. The molecule has 2 aromatic rings. The molecule has 1 heterocycles. The molecule has 6 nitrogen and oxygen atoms in total. The van der Waals surface area contributed by atoms with E-state index in [4.69, 9.17) is 11.6 Å². The second-order valence-electron chi connectivity index (χ2n) is 9.89. The van der Waals surface area contributed by atoms with Crippen LogP contribution in [0.3, 0.4) is 0 Å². The maximum Gasteiger partial charge on any atom is 0.238 e. The zero-order valence-corrected chi connectivity index (χ0v) is 22.0. The zero-order valence-electron chi connectivity index (χ0n) is 19.7. The molecule has 0 saturated carbocycles. The maximum absolute atomic E-state index is 13.8. The van der Waals surface area contributed by atoms with Crippen molar-refractivity contribution in [2.75, 3.05) is 4.90 Å². The van der Waals surface area contributed by atoms with Crippen LogP contribution < -0.4 is 4.90 Å². The van der Waals surface area contributed by atoms with E-state index in [1.807, 2.05) is 6.08 Å². The Labute approximate surface area is 226 Å². The number of aryl methyl sites for hydroxylation is 1. The lowest BCUT2D eigenvalue weighted by molar-refractivity contribution is -0.123. The summed E-state index contributed by atoms with van der Waals surface area (Å²) in [5, 5.41) is 11.5. The summed E-state index contributed by atoms with van der Waals surface area (Å²) in [6, 6.07) is 11.9. The molecule has 1 fully saturated rings.